The first kappa shape index (κ1) is 22.6. The number of aliphatic hydroxyl groups excluding tert-OH is 4. The van der Waals surface area contributed by atoms with Gasteiger partial charge in [-0.3, -0.25) is 4.79 Å². The minimum atomic E-state index is -1.82. The van der Waals surface area contributed by atoms with Crippen molar-refractivity contribution in [1.29, 1.82) is 0 Å². The average molecular weight is 348 g/mol. The molecule has 0 radical (unpaired) electrons. The second-order valence-corrected chi connectivity index (χ2v) is 6.34. The van der Waals surface area contributed by atoms with Gasteiger partial charge in [-0.2, -0.15) is 0 Å². The van der Waals surface area contributed by atoms with Gasteiger partial charge < -0.3 is 25.2 Å². The van der Waals surface area contributed by atoms with Gasteiger partial charge in [0.1, 0.15) is 5.78 Å². The van der Waals surface area contributed by atoms with Crippen molar-refractivity contribution < 1.29 is 39.5 Å². The molecular weight excluding hydrogens is 320 g/mol. The Bertz CT molecular complexity index is 400. The third-order valence-corrected chi connectivity index (χ3v) is 3.83. The van der Waals surface area contributed by atoms with E-state index in [1.165, 1.54) is 6.42 Å². The summed E-state index contributed by atoms with van der Waals surface area (Å²) in [6.07, 6.45) is -0.459. The molecule has 0 saturated heterocycles. The fraction of sp³-hybridized carbons (Fsp3) is 0.812. The molecule has 140 valence electrons. The van der Waals surface area contributed by atoms with Crippen molar-refractivity contribution in [2.24, 2.45) is 17.8 Å². The Morgan fingerprint density at radius 2 is 1.54 bits per heavy atom. The van der Waals surface area contributed by atoms with Crippen LogP contribution in [0.2, 0.25) is 0 Å². The molecule has 1 aliphatic carbocycles. The van der Waals surface area contributed by atoms with Crippen molar-refractivity contribution in [3.63, 3.8) is 0 Å². The van der Waals surface area contributed by atoms with E-state index in [1.807, 2.05) is 0 Å². The van der Waals surface area contributed by atoms with Gasteiger partial charge in [0.15, 0.2) is 12.2 Å². The number of hydrogen-bond acceptors (Lipinski definition) is 8. The van der Waals surface area contributed by atoms with E-state index in [4.69, 9.17) is 20.4 Å². The van der Waals surface area contributed by atoms with E-state index < -0.39 is 37.4 Å². The van der Waals surface area contributed by atoms with Gasteiger partial charge in [-0.1, -0.05) is 20.8 Å². The zero-order valence-electron chi connectivity index (χ0n) is 14.3. The Morgan fingerprint density at radius 1 is 1.08 bits per heavy atom. The van der Waals surface area contributed by atoms with Crippen LogP contribution in [0.4, 0.5) is 0 Å². The van der Waals surface area contributed by atoms with E-state index in [0.717, 1.165) is 12.8 Å². The van der Waals surface area contributed by atoms with Crippen LogP contribution < -0.4 is 0 Å². The van der Waals surface area contributed by atoms with Crippen LogP contribution in [-0.4, -0.2) is 63.6 Å². The van der Waals surface area contributed by atoms with E-state index in [-0.39, 0.29) is 0 Å². The molecule has 0 aromatic rings. The lowest BCUT2D eigenvalue weighted by Gasteiger charge is -2.27. The zero-order valence-corrected chi connectivity index (χ0v) is 14.3. The minimum absolute atomic E-state index is 0.367. The van der Waals surface area contributed by atoms with Gasteiger partial charge in [-0.15, -0.1) is 0 Å². The topological polar surface area (TPSA) is 141 Å². The van der Waals surface area contributed by atoms with Crippen molar-refractivity contribution in [2.45, 2.75) is 52.2 Å². The predicted molar refractivity (Wildman–Crippen MR) is 83.6 cm³/mol. The highest BCUT2D eigenvalue weighted by molar-refractivity contribution is 5.89. The maximum absolute atomic E-state index is 11.4. The minimum Gasteiger partial charge on any atom is -0.393 e. The van der Waals surface area contributed by atoms with Crippen LogP contribution in [0, 0.1) is 17.8 Å². The SMILES string of the molecule is CC(C)[C@H]1CC[C@H](C)CC1=O.O=C(OC(=O)C(O)CO)C(O)CO. The molecule has 0 amide bonds. The highest BCUT2D eigenvalue weighted by atomic mass is 16.6. The lowest BCUT2D eigenvalue weighted by atomic mass is 9.77. The molecule has 8 heteroatoms. The third-order valence-electron chi connectivity index (χ3n) is 3.83. The number of ether oxygens (including phenoxy) is 1. The van der Waals surface area contributed by atoms with E-state index in [2.05, 4.69) is 25.5 Å². The van der Waals surface area contributed by atoms with Crippen molar-refractivity contribution in [2.75, 3.05) is 13.2 Å². The van der Waals surface area contributed by atoms with Gasteiger partial charge in [-0.25, -0.2) is 9.59 Å². The highest BCUT2D eigenvalue weighted by Crippen LogP contribution is 2.29. The fourth-order valence-corrected chi connectivity index (χ4v) is 2.31. The summed E-state index contributed by atoms with van der Waals surface area (Å²) in [5.41, 5.74) is 0. The van der Waals surface area contributed by atoms with Gasteiger partial charge in [0, 0.05) is 12.3 Å². The number of aliphatic hydroxyl groups is 4. The number of Topliss-reactive ketones (excluding diaryl/α,β-unsaturated/α-hetero) is 1. The van der Waals surface area contributed by atoms with Crippen LogP contribution >= 0.6 is 0 Å². The summed E-state index contributed by atoms with van der Waals surface area (Å²) in [5, 5.41) is 33.7. The molecule has 0 aromatic carbocycles. The molecule has 0 spiro atoms. The Labute approximate surface area is 141 Å². The van der Waals surface area contributed by atoms with Crippen molar-refractivity contribution in [3.8, 4) is 0 Å². The Kier molecular flexibility index (Phi) is 10.6. The zero-order chi connectivity index (χ0) is 18.9. The first-order valence-corrected chi connectivity index (χ1v) is 8.00. The molecule has 4 N–H and O–H groups in total. The quantitative estimate of drug-likeness (QED) is 0.381. The van der Waals surface area contributed by atoms with E-state index in [1.54, 1.807) is 0 Å². The molecular formula is C16H28O8. The van der Waals surface area contributed by atoms with Crippen LogP contribution in [0.5, 0.6) is 0 Å². The molecule has 1 fully saturated rings. The molecule has 0 aliphatic heterocycles. The average Bonchev–Trinajstić information content (AvgIpc) is 2.53. The highest BCUT2D eigenvalue weighted by Gasteiger charge is 2.28. The van der Waals surface area contributed by atoms with E-state index in [9.17, 15) is 14.4 Å². The monoisotopic (exact) mass is 348 g/mol. The van der Waals surface area contributed by atoms with E-state index >= 15 is 0 Å². The molecule has 8 nitrogen and oxygen atoms in total. The van der Waals surface area contributed by atoms with Gasteiger partial charge in [0.25, 0.3) is 0 Å². The van der Waals surface area contributed by atoms with Crippen LogP contribution in [-0.2, 0) is 19.1 Å². The maximum Gasteiger partial charge on any atom is 0.345 e. The molecule has 1 saturated carbocycles. The number of rotatable bonds is 5. The molecule has 0 bridgehead atoms. The first-order chi connectivity index (χ1) is 11.1. The molecule has 24 heavy (non-hydrogen) atoms. The summed E-state index contributed by atoms with van der Waals surface area (Å²) in [4.78, 5) is 32.6. The Hall–Kier alpha value is -1.35. The summed E-state index contributed by atoms with van der Waals surface area (Å²) in [7, 11) is 0. The van der Waals surface area contributed by atoms with Gasteiger partial charge in [-0.05, 0) is 24.7 Å². The lowest BCUT2D eigenvalue weighted by Crippen LogP contribution is -2.34. The molecule has 1 aliphatic rings. The third kappa shape index (κ3) is 7.96. The predicted octanol–water partition coefficient (Wildman–Crippen LogP) is -0.590. The van der Waals surface area contributed by atoms with Crippen molar-refractivity contribution in [3.05, 3.63) is 0 Å². The summed E-state index contributed by atoms with van der Waals surface area (Å²) in [6.45, 7) is 4.70. The second kappa shape index (κ2) is 11.2. The number of ketones is 1. The summed E-state index contributed by atoms with van der Waals surface area (Å²) in [6, 6.07) is 0. The van der Waals surface area contributed by atoms with Gasteiger partial charge >= 0.3 is 11.9 Å². The molecule has 0 heterocycles. The lowest BCUT2D eigenvalue weighted by molar-refractivity contribution is -0.173. The van der Waals surface area contributed by atoms with Crippen LogP contribution in [0.15, 0.2) is 0 Å². The molecule has 0 aromatic heterocycles. The summed E-state index contributed by atoms with van der Waals surface area (Å²) in [5.74, 6) is -0.697. The van der Waals surface area contributed by atoms with Crippen molar-refractivity contribution in [1.82, 2.24) is 0 Å². The maximum atomic E-state index is 11.4. The number of carbonyl (C=O) groups is 3. The number of carbonyl (C=O) groups excluding carboxylic acids is 3. The molecule has 4 atom stereocenters. The number of hydrogen-bond donors (Lipinski definition) is 4. The second-order valence-electron chi connectivity index (χ2n) is 6.34. The number of esters is 2. The van der Waals surface area contributed by atoms with Crippen molar-refractivity contribution >= 4 is 17.7 Å². The van der Waals surface area contributed by atoms with E-state index in [0.29, 0.717) is 23.5 Å². The Morgan fingerprint density at radius 3 is 1.88 bits per heavy atom. The van der Waals surface area contributed by atoms with Crippen LogP contribution in [0.1, 0.15) is 40.0 Å². The van der Waals surface area contributed by atoms with Gasteiger partial charge in [0.2, 0.25) is 0 Å². The fourth-order valence-electron chi connectivity index (χ4n) is 2.31. The molecule has 2 unspecified atom stereocenters. The largest absolute Gasteiger partial charge is 0.393 e. The van der Waals surface area contributed by atoms with Crippen LogP contribution in [0.3, 0.4) is 0 Å². The first-order valence-electron chi connectivity index (χ1n) is 8.00. The Balaban J connectivity index is 0.000000446. The smallest absolute Gasteiger partial charge is 0.345 e. The van der Waals surface area contributed by atoms with Crippen LogP contribution in [0.25, 0.3) is 0 Å². The molecule has 1 rings (SSSR count). The van der Waals surface area contributed by atoms with Gasteiger partial charge in [0.05, 0.1) is 13.2 Å². The normalized spacial score (nSPS) is 23.1. The summed E-state index contributed by atoms with van der Waals surface area (Å²) < 4.78 is 3.86. The summed E-state index contributed by atoms with van der Waals surface area (Å²) >= 11 is 0. The standard InChI is InChI=1S/C10H18O.C6H10O7/c1-7(2)9-5-4-8(3)6-10(9)11;7-1-3(9)5(11)13-6(12)4(10)2-8/h7-9H,4-6H2,1-3H3;3-4,7-10H,1-2H2/t8-,9+;/m0./s1.